The lowest BCUT2D eigenvalue weighted by atomic mass is 10.1. The first-order valence-corrected chi connectivity index (χ1v) is 3.95. The van der Waals surface area contributed by atoms with E-state index >= 15 is 0 Å². The van der Waals surface area contributed by atoms with Crippen molar-refractivity contribution in [1.82, 2.24) is 0 Å². The fourth-order valence-corrected chi connectivity index (χ4v) is 0.997. The number of benzene rings is 1. The molecule has 0 atom stereocenters. The Morgan fingerprint density at radius 1 is 1.25 bits per heavy atom. The third-order valence-corrected chi connectivity index (χ3v) is 1.69. The number of allylic oxidation sites excluding steroid dienone is 3. The first-order valence-electron chi connectivity index (χ1n) is 3.95. The number of hydrogen-bond acceptors (Lipinski definition) is 1. The molecule has 12 heavy (non-hydrogen) atoms. The third kappa shape index (κ3) is 2.27. The lowest BCUT2D eigenvalue weighted by Crippen LogP contribution is -1.78. The Bertz CT molecular complexity index is 283. The van der Waals surface area contributed by atoms with Crippen molar-refractivity contribution in [3.05, 3.63) is 54.2 Å². The van der Waals surface area contributed by atoms with Crippen molar-refractivity contribution in [2.45, 2.75) is 6.92 Å². The first kappa shape index (κ1) is 8.60. The molecule has 0 aliphatic carbocycles. The molecule has 2 N–H and O–H groups in total. The van der Waals surface area contributed by atoms with Crippen LogP contribution in [0.25, 0.3) is 5.57 Å². The molecule has 0 unspecified atom stereocenters. The largest absolute Gasteiger partial charge is 0.405 e. The van der Waals surface area contributed by atoms with Gasteiger partial charge in [-0.3, -0.25) is 0 Å². The summed E-state index contributed by atoms with van der Waals surface area (Å²) in [5.74, 6) is 0. The van der Waals surface area contributed by atoms with Crippen molar-refractivity contribution in [2.24, 2.45) is 5.73 Å². The molecule has 0 aliphatic rings. The van der Waals surface area contributed by atoms with Crippen LogP contribution in [0.1, 0.15) is 12.5 Å². The van der Waals surface area contributed by atoms with E-state index in [4.69, 9.17) is 5.73 Å². The Kier molecular flexibility index (Phi) is 3.15. The molecular formula is C11H13N. The standard InChI is InChI=1S/C11H13N/c1-10(6-5-9-12)11-7-3-2-4-8-11/h2-9H,12H2,1H3/b9-5-,10-6+. The van der Waals surface area contributed by atoms with Crippen molar-refractivity contribution in [1.29, 1.82) is 0 Å². The van der Waals surface area contributed by atoms with E-state index in [0.717, 1.165) is 0 Å². The predicted molar refractivity (Wildman–Crippen MR) is 53.4 cm³/mol. The van der Waals surface area contributed by atoms with Crippen molar-refractivity contribution >= 4 is 5.57 Å². The van der Waals surface area contributed by atoms with Gasteiger partial charge in [0.2, 0.25) is 0 Å². The van der Waals surface area contributed by atoms with Gasteiger partial charge in [0.25, 0.3) is 0 Å². The summed E-state index contributed by atoms with van der Waals surface area (Å²) in [5.41, 5.74) is 7.68. The number of rotatable bonds is 2. The molecule has 0 bridgehead atoms. The maximum atomic E-state index is 5.23. The van der Waals surface area contributed by atoms with Crippen LogP contribution in [0.3, 0.4) is 0 Å². The zero-order valence-electron chi connectivity index (χ0n) is 7.20. The summed E-state index contributed by atoms with van der Waals surface area (Å²) in [7, 11) is 0. The molecule has 0 fully saturated rings. The van der Waals surface area contributed by atoms with Crippen LogP contribution < -0.4 is 5.73 Å². The average Bonchev–Trinajstić information content (AvgIpc) is 2.15. The van der Waals surface area contributed by atoms with Crippen LogP contribution in [0.15, 0.2) is 48.7 Å². The fraction of sp³-hybridized carbons (Fsp3) is 0.0909. The molecule has 1 nitrogen and oxygen atoms in total. The maximum absolute atomic E-state index is 5.23. The minimum absolute atomic E-state index is 1.22. The molecule has 0 aromatic heterocycles. The molecule has 1 aromatic rings. The van der Waals surface area contributed by atoms with Gasteiger partial charge in [-0.15, -0.1) is 0 Å². The summed E-state index contributed by atoms with van der Waals surface area (Å²) < 4.78 is 0. The van der Waals surface area contributed by atoms with E-state index in [2.05, 4.69) is 19.1 Å². The quantitative estimate of drug-likeness (QED) is 0.659. The predicted octanol–water partition coefficient (Wildman–Crippen LogP) is 2.56. The van der Waals surface area contributed by atoms with Crippen LogP contribution in [-0.2, 0) is 0 Å². The van der Waals surface area contributed by atoms with E-state index in [9.17, 15) is 0 Å². The smallest absolute Gasteiger partial charge is 0.00623 e. The molecule has 0 amide bonds. The molecular weight excluding hydrogens is 146 g/mol. The molecule has 62 valence electrons. The second-order valence-electron chi connectivity index (χ2n) is 2.60. The molecule has 1 rings (SSSR count). The van der Waals surface area contributed by atoms with Gasteiger partial charge in [0.15, 0.2) is 0 Å². The molecule has 0 radical (unpaired) electrons. The second-order valence-corrected chi connectivity index (χ2v) is 2.60. The SMILES string of the molecule is C/C(=C\C=C/N)c1ccccc1. The Morgan fingerprint density at radius 3 is 2.50 bits per heavy atom. The summed E-state index contributed by atoms with van der Waals surface area (Å²) in [4.78, 5) is 0. The fourth-order valence-electron chi connectivity index (χ4n) is 0.997. The Morgan fingerprint density at radius 2 is 1.92 bits per heavy atom. The van der Waals surface area contributed by atoms with Crippen LogP contribution in [0, 0.1) is 0 Å². The van der Waals surface area contributed by atoms with E-state index in [0.29, 0.717) is 0 Å². The van der Waals surface area contributed by atoms with Gasteiger partial charge in [0.1, 0.15) is 0 Å². The summed E-state index contributed by atoms with van der Waals surface area (Å²) in [5, 5.41) is 0. The summed E-state index contributed by atoms with van der Waals surface area (Å²) in [6.45, 7) is 2.06. The minimum Gasteiger partial charge on any atom is -0.405 e. The third-order valence-electron chi connectivity index (χ3n) is 1.69. The molecule has 1 heteroatoms. The molecule has 0 saturated heterocycles. The van der Waals surface area contributed by atoms with Gasteiger partial charge in [-0.2, -0.15) is 0 Å². The van der Waals surface area contributed by atoms with E-state index in [1.54, 1.807) is 0 Å². The number of hydrogen-bond donors (Lipinski definition) is 1. The van der Waals surface area contributed by atoms with Crippen LogP contribution in [0.2, 0.25) is 0 Å². The van der Waals surface area contributed by atoms with Gasteiger partial charge in [-0.05, 0) is 30.3 Å². The summed E-state index contributed by atoms with van der Waals surface area (Å²) in [6, 6.07) is 10.2. The van der Waals surface area contributed by atoms with Gasteiger partial charge >= 0.3 is 0 Å². The van der Waals surface area contributed by atoms with Gasteiger partial charge in [-0.1, -0.05) is 36.4 Å². The Hall–Kier alpha value is -1.50. The van der Waals surface area contributed by atoms with E-state index in [1.807, 2.05) is 30.4 Å². The summed E-state index contributed by atoms with van der Waals surface area (Å²) >= 11 is 0. The van der Waals surface area contributed by atoms with E-state index in [1.165, 1.54) is 17.3 Å². The first-order chi connectivity index (χ1) is 5.84. The van der Waals surface area contributed by atoms with Gasteiger partial charge < -0.3 is 5.73 Å². The zero-order valence-corrected chi connectivity index (χ0v) is 7.20. The van der Waals surface area contributed by atoms with Crippen LogP contribution in [0.5, 0.6) is 0 Å². The van der Waals surface area contributed by atoms with Gasteiger partial charge in [-0.25, -0.2) is 0 Å². The Labute approximate surface area is 73.2 Å². The zero-order chi connectivity index (χ0) is 8.81. The van der Waals surface area contributed by atoms with Crippen molar-refractivity contribution < 1.29 is 0 Å². The van der Waals surface area contributed by atoms with Crippen molar-refractivity contribution in [3.8, 4) is 0 Å². The van der Waals surface area contributed by atoms with Gasteiger partial charge in [0.05, 0.1) is 0 Å². The minimum atomic E-state index is 1.22. The summed E-state index contributed by atoms with van der Waals surface area (Å²) in [6.07, 6.45) is 5.37. The van der Waals surface area contributed by atoms with Gasteiger partial charge in [0, 0.05) is 0 Å². The lowest BCUT2D eigenvalue weighted by Gasteiger charge is -1.97. The average molecular weight is 159 g/mol. The van der Waals surface area contributed by atoms with E-state index < -0.39 is 0 Å². The highest BCUT2D eigenvalue weighted by Gasteiger charge is 1.89. The molecule has 0 heterocycles. The van der Waals surface area contributed by atoms with Crippen molar-refractivity contribution in [2.75, 3.05) is 0 Å². The molecule has 0 spiro atoms. The highest BCUT2D eigenvalue weighted by molar-refractivity contribution is 5.64. The molecule has 1 aromatic carbocycles. The lowest BCUT2D eigenvalue weighted by molar-refractivity contribution is 1.55. The van der Waals surface area contributed by atoms with Crippen LogP contribution >= 0.6 is 0 Å². The number of nitrogens with two attached hydrogens (primary N) is 1. The molecule has 0 aliphatic heterocycles. The Balaban J connectivity index is 2.85. The monoisotopic (exact) mass is 159 g/mol. The van der Waals surface area contributed by atoms with Crippen LogP contribution in [-0.4, -0.2) is 0 Å². The highest BCUT2D eigenvalue weighted by atomic mass is 14.5. The highest BCUT2D eigenvalue weighted by Crippen LogP contribution is 2.11. The molecule has 0 saturated carbocycles. The van der Waals surface area contributed by atoms with Crippen LogP contribution in [0.4, 0.5) is 0 Å². The topological polar surface area (TPSA) is 26.0 Å². The maximum Gasteiger partial charge on any atom is -0.00623 e. The van der Waals surface area contributed by atoms with Crippen molar-refractivity contribution in [3.63, 3.8) is 0 Å². The normalized spacial score (nSPS) is 12.2. The van der Waals surface area contributed by atoms with E-state index in [-0.39, 0.29) is 0 Å². The second kappa shape index (κ2) is 4.39.